The van der Waals surface area contributed by atoms with E-state index in [4.69, 9.17) is 4.74 Å². The van der Waals surface area contributed by atoms with Crippen LogP contribution in [0.5, 0.6) is 0 Å². The molecule has 2 heterocycles. The predicted octanol–water partition coefficient (Wildman–Crippen LogP) is 4.55. The van der Waals surface area contributed by atoms with Crippen LogP contribution >= 0.6 is 0 Å². The number of aryl methyl sites for hydroxylation is 1. The number of rotatable bonds is 7. The molecule has 5 rings (SSSR count). The van der Waals surface area contributed by atoms with Gasteiger partial charge in [0.2, 0.25) is 5.78 Å². The Labute approximate surface area is 191 Å². The van der Waals surface area contributed by atoms with Crippen LogP contribution in [0, 0.1) is 5.92 Å². The van der Waals surface area contributed by atoms with E-state index in [9.17, 15) is 14.4 Å². The van der Waals surface area contributed by atoms with Crippen molar-refractivity contribution in [1.29, 1.82) is 0 Å². The predicted molar refractivity (Wildman–Crippen MR) is 124 cm³/mol. The first-order valence-electron chi connectivity index (χ1n) is 11.0. The van der Waals surface area contributed by atoms with Crippen molar-refractivity contribution in [2.24, 2.45) is 5.92 Å². The summed E-state index contributed by atoms with van der Waals surface area (Å²) in [5.74, 6) is -3.09. The normalized spacial score (nSPS) is 20.2. The van der Waals surface area contributed by atoms with E-state index >= 15 is 0 Å². The minimum Gasteiger partial charge on any atom is -0.445 e. The molecular weight excluding hydrogens is 414 g/mol. The van der Waals surface area contributed by atoms with Crippen LogP contribution in [0.2, 0.25) is 0 Å². The summed E-state index contributed by atoms with van der Waals surface area (Å²) in [6.07, 6.45) is 2.56. The zero-order chi connectivity index (χ0) is 22.8. The Balaban J connectivity index is 1.45. The lowest BCUT2D eigenvalue weighted by molar-refractivity contribution is -0.154. The first-order chi connectivity index (χ1) is 16.1. The van der Waals surface area contributed by atoms with E-state index in [1.165, 1.54) is 0 Å². The Morgan fingerprint density at radius 1 is 0.879 bits per heavy atom. The van der Waals surface area contributed by atoms with Gasteiger partial charge in [0, 0.05) is 35.5 Å². The number of Topliss-reactive ketones (excluding diaryl/α,β-unsaturated/α-hetero) is 2. The maximum absolute atomic E-state index is 13.7. The Morgan fingerprint density at radius 2 is 1.55 bits per heavy atom. The second-order valence-electron chi connectivity index (χ2n) is 8.40. The van der Waals surface area contributed by atoms with Gasteiger partial charge in [-0.1, -0.05) is 78.9 Å². The molecule has 4 aromatic rings. The lowest BCUT2D eigenvalue weighted by Crippen LogP contribution is -2.37. The van der Waals surface area contributed by atoms with Crippen molar-refractivity contribution in [3.63, 3.8) is 0 Å². The number of cyclic esters (lactones) is 1. The zero-order valence-corrected chi connectivity index (χ0v) is 18.0. The van der Waals surface area contributed by atoms with Gasteiger partial charge in [-0.3, -0.25) is 14.4 Å². The summed E-state index contributed by atoms with van der Waals surface area (Å²) in [5.41, 5.74) is 1.83. The SMILES string of the molecule is O=C(Cc1c[nH]c2ccccc12)C1C(=O)OC(CCc2ccccc2)(c2ccccc2)C1=O. The van der Waals surface area contributed by atoms with Crippen LogP contribution in [0.15, 0.2) is 91.1 Å². The van der Waals surface area contributed by atoms with Gasteiger partial charge in [0.05, 0.1) is 0 Å². The standard InChI is InChI=1S/C28H23NO4/c30-24(17-20-18-29-23-14-8-7-13-22(20)23)25-26(31)28(33-27(25)32,21-11-5-2-6-12-21)16-15-19-9-3-1-4-10-19/h1-14,18,25,29H,15-17H2. The highest BCUT2D eigenvalue weighted by molar-refractivity contribution is 6.23. The first kappa shape index (κ1) is 20.9. The van der Waals surface area contributed by atoms with E-state index in [0.717, 1.165) is 22.0 Å². The molecule has 2 atom stereocenters. The van der Waals surface area contributed by atoms with Crippen molar-refractivity contribution in [1.82, 2.24) is 4.98 Å². The number of benzene rings is 3. The fraction of sp³-hybridized carbons (Fsp3) is 0.179. The Hall–Kier alpha value is -3.99. The first-order valence-corrected chi connectivity index (χ1v) is 11.0. The van der Waals surface area contributed by atoms with Crippen LogP contribution in [0.4, 0.5) is 0 Å². The molecule has 1 saturated heterocycles. The molecule has 0 saturated carbocycles. The van der Waals surface area contributed by atoms with Gasteiger partial charge in [0.15, 0.2) is 17.3 Å². The van der Waals surface area contributed by atoms with Crippen LogP contribution in [0.1, 0.15) is 23.1 Å². The molecule has 0 radical (unpaired) electrons. The topological polar surface area (TPSA) is 76.2 Å². The quantitative estimate of drug-likeness (QED) is 0.340. The second-order valence-corrected chi connectivity index (χ2v) is 8.40. The summed E-state index contributed by atoms with van der Waals surface area (Å²) in [6, 6.07) is 26.4. The molecule has 0 spiro atoms. The number of hydrogen-bond acceptors (Lipinski definition) is 4. The molecule has 0 amide bonds. The van der Waals surface area contributed by atoms with Gasteiger partial charge in [-0.2, -0.15) is 0 Å². The van der Waals surface area contributed by atoms with E-state index in [1.807, 2.05) is 72.8 Å². The highest BCUT2D eigenvalue weighted by atomic mass is 16.6. The van der Waals surface area contributed by atoms with Crippen LogP contribution in [-0.4, -0.2) is 22.5 Å². The highest BCUT2D eigenvalue weighted by Crippen LogP contribution is 2.41. The van der Waals surface area contributed by atoms with Crippen molar-refractivity contribution in [3.05, 3.63) is 108 Å². The Kier molecular flexibility index (Phi) is 5.38. The number of hydrogen-bond donors (Lipinski definition) is 1. The zero-order valence-electron chi connectivity index (χ0n) is 18.0. The van der Waals surface area contributed by atoms with Gasteiger partial charge in [-0.15, -0.1) is 0 Å². The number of aromatic nitrogens is 1. The average Bonchev–Trinajstić information content (AvgIpc) is 3.37. The van der Waals surface area contributed by atoms with Crippen LogP contribution in [-0.2, 0) is 37.6 Å². The summed E-state index contributed by atoms with van der Waals surface area (Å²) in [7, 11) is 0. The third-order valence-corrected chi connectivity index (χ3v) is 6.38. The number of carbonyl (C=O) groups is 3. The Bertz CT molecular complexity index is 1330. The van der Waals surface area contributed by atoms with Crippen molar-refractivity contribution >= 4 is 28.4 Å². The molecule has 1 aliphatic heterocycles. The minimum absolute atomic E-state index is 0.0148. The van der Waals surface area contributed by atoms with E-state index in [2.05, 4.69) is 4.98 Å². The smallest absolute Gasteiger partial charge is 0.325 e. The third kappa shape index (κ3) is 3.76. The molecule has 1 fully saturated rings. The van der Waals surface area contributed by atoms with Crippen molar-refractivity contribution in [3.8, 4) is 0 Å². The lowest BCUT2D eigenvalue weighted by atomic mass is 9.79. The van der Waals surface area contributed by atoms with Gasteiger partial charge in [0.25, 0.3) is 0 Å². The summed E-state index contributed by atoms with van der Waals surface area (Å²) in [6.45, 7) is 0. The molecule has 2 unspecified atom stereocenters. The monoisotopic (exact) mass is 437 g/mol. The summed E-state index contributed by atoms with van der Waals surface area (Å²) >= 11 is 0. The number of fused-ring (bicyclic) bond motifs is 1. The Morgan fingerprint density at radius 3 is 2.30 bits per heavy atom. The van der Waals surface area contributed by atoms with Crippen LogP contribution in [0.25, 0.3) is 10.9 Å². The van der Waals surface area contributed by atoms with Crippen molar-refractivity contribution < 1.29 is 19.1 Å². The summed E-state index contributed by atoms with van der Waals surface area (Å²) in [4.78, 5) is 43.0. The second kappa shape index (κ2) is 8.51. The molecule has 1 aliphatic rings. The number of aromatic amines is 1. The van der Waals surface area contributed by atoms with Crippen LogP contribution in [0.3, 0.4) is 0 Å². The summed E-state index contributed by atoms with van der Waals surface area (Å²) < 4.78 is 5.79. The fourth-order valence-electron chi connectivity index (χ4n) is 4.66. The fourth-order valence-corrected chi connectivity index (χ4v) is 4.66. The molecule has 5 heteroatoms. The summed E-state index contributed by atoms with van der Waals surface area (Å²) in [5, 5.41) is 0.906. The number of carbonyl (C=O) groups excluding carboxylic acids is 3. The molecule has 0 aliphatic carbocycles. The maximum atomic E-state index is 13.7. The van der Waals surface area contributed by atoms with E-state index < -0.39 is 29.1 Å². The molecule has 33 heavy (non-hydrogen) atoms. The van der Waals surface area contributed by atoms with E-state index in [0.29, 0.717) is 12.0 Å². The van der Waals surface area contributed by atoms with Gasteiger partial charge in [0.1, 0.15) is 0 Å². The number of H-pyrrole nitrogens is 1. The van der Waals surface area contributed by atoms with Gasteiger partial charge in [-0.05, 0) is 23.6 Å². The molecular formula is C28H23NO4. The lowest BCUT2D eigenvalue weighted by Gasteiger charge is -2.27. The number of ketones is 2. The number of esters is 1. The largest absolute Gasteiger partial charge is 0.445 e. The molecule has 164 valence electrons. The molecule has 3 aromatic carbocycles. The van der Waals surface area contributed by atoms with Crippen LogP contribution < -0.4 is 0 Å². The molecule has 5 nitrogen and oxygen atoms in total. The molecule has 1 N–H and O–H groups in total. The van der Waals surface area contributed by atoms with Crippen molar-refractivity contribution in [2.45, 2.75) is 24.9 Å². The third-order valence-electron chi connectivity index (χ3n) is 6.38. The maximum Gasteiger partial charge on any atom is 0.325 e. The van der Waals surface area contributed by atoms with E-state index in [-0.39, 0.29) is 12.8 Å². The van der Waals surface area contributed by atoms with Crippen molar-refractivity contribution in [2.75, 3.05) is 0 Å². The van der Waals surface area contributed by atoms with Gasteiger partial charge < -0.3 is 9.72 Å². The van der Waals surface area contributed by atoms with Gasteiger partial charge >= 0.3 is 5.97 Å². The van der Waals surface area contributed by atoms with Gasteiger partial charge in [-0.25, -0.2) is 0 Å². The van der Waals surface area contributed by atoms with E-state index in [1.54, 1.807) is 18.3 Å². The number of para-hydroxylation sites is 1. The average molecular weight is 437 g/mol. The molecule has 1 aromatic heterocycles. The minimum atomic E-state index is -1.46. The molecule has 0 bridgehead atoms. The number of nitrogens with one attached hydrogen (secondary N) is 1. The number of ether oxygens (including phenoxy) is 1. The highest BCUT2D eigenvalue weighted by Gasteiger charge is 2.58.